The number of aliphatic hydroxyl groups is 2. The van der Waals surface area contributed by atoms with Gasteiger partial charge in [0.25, 0.3) is 0 Å². The van der Waals surface area contributed by atoms with Crippen LogP contribution >= 0.6 is 12.2 Å². The summed E-state index contributed by atoms with van der Waals surface area (Å²) < 4.78 is 11.3. The quantitative estimate of drug-likeness (QED) is 0.102. The second kappa shape index (κ2) is 18.2. The van der Waals surface area contributed by atoms with Gasteiger partial charge < -0.3 is 29.9 Å². The number of carboxylic acids is 2. The summed E-state index contributed by atoms with van der Waals surface area (Å²) >= 11 is 4.60. The van der Waals surface area contributed by atoms with Crippen LogP contribution in [0.5, 0.6) is 0 Å². The topological polar surface area (TPSA) is 178 Å². The first-order valence-corrected chi connectivity index (χ1v) is 12.6. The highest BCUT2D eigenvalue weighted by molar-refractivity contribution is 7.78. The lowest BCUT2D eigenvalue weighted by atomic mass is 10.2. The number of aromatic nitrogens is 2. The Kier molecular flexibility index (Phi) is 14.9. The number of carbonyl (C=O) groups is 2. The number of hydrogen-bond donors (Lipinski definition) is 4. The van der Waals surface area contributed by atoms with Gasteiger partial charge in [0.15, 0.2) is 5.69 Å². The van der Waals surface area contributed by atoms with E-state index in [-0.39, 0.29) is 31.1 Å². The fourth-order valence-corrected chi connectivity index (χ4v) is 3.66. The Balaban J connectivity index is 1.73. The van der Waals surface area contributed by atoms with E-state index in [9.17, 15) is 24.9 Å². The van der Waals surface area contributed by atoms with Gasteiger partial charge in [0.1, 0.15) is 5.69 Å². The van der Waals surface area contributed by atoms with Gasteiger partial charge >= 0.3 is 11.9 Å². The molecule has 0 aliphatic heterocycles. The number of ether oxygens (including phenoxy) is 2. The molecule has 0 fully saturated rings. The van der Waals surface area contributed by atoms with Crippen molar-refractivity contribution in [2.75, 3.05) is 65.8 Å². The molecule has 14 heteroatoms. The van der Waals surface area contributed by atoms with Gasteiger partial charge in [-0.05, 0) is 36.5 Å². The van der Waals surface area contributed by atoms with Crippen molar-refractivity contribution in [2.24, 2.45) is 4.99 Å². The third-order valence-electron chi connectivity index (χ3n) is 5.36. The number of aliphatic imine (C=N–C) groups is 1. The molecule has 0 atom stereocenters. The molecule has 0 aliphatic rings. The van der Waals surface area contributed by atoms with Gasteiger partial charge in [0.05, 0.1) is 61.9 Å². The van der Waals surface area contributed by atoms with Crippen LogP contribution in [0.3, 0.4) is 0 Å². The van der Waals surface area contributed by atoms with Crippen LogP contribution in [0.1, 0.15) is 32.4 Å². The lowest BCUT2D eigenvalue weighted by molar-refractivity contribution is 0.0268. The Bertz CT molecular complexity index is 1100. The molecule has 4 N–H and O–H groups in total. The van der Waals surface area contributed by atoms with Crippen molar-refractivity contribution in [1.29, 1.82) is 0 Å². The second-order valence-electron chi connectivity index (χ2n) is 8.25. The van der Waals surface area contributed by atoms with Crippen LogP contribution in [-0.2, 0) is 22.6 Å². The third-order valence-corrected chi connectivity index (χ3v) is 5.45. The summed E-state index contributed by atoms with van der Waals surface area (Å²) in [4.78, 5) is 38.3. The fourth-order valence-electron chi connectivity index (χ4n) is 3.56. The molecule has 0 saturated heterocycles. The zero-order valence-corrected chi connectivity index (χ0v) is 22.3. The first-order valence-electron chi connectivity index (χ1n) is 12.2. The second-order valence-corrected chi connectivity index (χ2v) is 8.44. The molecule has 13 nitrogen and oxygen atoms in total. The Morgan fingerprint density at radius 3 is 1.92 bits per heavy atom. The molecule has 0 aliphatic carbocycles. The maximum Gasteiger partial charge on any atom is 0.354 e. The molecule has 2 heterocycles. The number of nitrogens with zero attached hydrogens (tertiary/aromatic N) is 5. The zero-order valence-electron chi connectivity index (χ0n) is 21.4. The Morgan fingerprint density at radius 1 is 0.821 bits per heavy atom. The Labute approximate surface area is 231 Å². The molecular formula is C25H33N5O8S. The lowest BCUT2D eigenvalue weighted by Crippen LogP contribution is -2.31. The molecule has 0 aromatic carbocycles. The van der Waals surface area contributed by atoms with Crippen LogP contribution in [0.2, 0.25) is 0 Å². The number of aliphatic hydroxyl groups excluding tert-OH is 2. The molecule has 0 spiro atoms. The predicted molar refractivity (Wildman–Crippen MR) is 143 cm³/mol. The number of rotatable bonds is 20. The molecule has 0 bridgehead atoms. The van der Waals surface area contributed by atoms with Crippen LogP contribution < -0.4 is 0 Å². The summed E-state index contributed by atoms with van der Waals surface area (Å²) in [6, 6.07) is 7.72. The molecule has 0 radical (unpaired) electrons. The van der Waals surface area contributed by atoms with Gasteiger partial charge in [0.2, 0.25) is 0 Å². The smallest absolute Gasteiger partial charge is 0.354 e. The highest BCUT2D eigenvalue weighted by Gasteiger charge is 2.13. The minimum atomic E-state index is -1.18. The number of carboxylic acid groups (broad SMARTS) is 2. The monoisotopic (exact) mass is 563 g/mol. The molecule has 2 aromatic rings. The molecule has 0 saturated carbocycles. The van der Waals surface area contributed by atoms with E-state index in [1.807, 2.05) is 9.80 Å². The van der Waals surface area contributed by atoms with Crippen molar-refractivity contribution in [3.8, 4) is 0 Å². The average Bonchev–Trinajstić information content (AvgIpc) is 2.90. The molecule has 0 unspecified atom stereocenters. The number of hydrogen-bond acceptors (Lipinski definition) is 12. The maximum atomic E-state index is 11.4. The number of aromatic carboxylic acids is 2. The maximum absolute atomic E-state index is 11.4. The van der Waals surface area contributed by atoms with Crippen LogP contribution in [-0.4, -0.2) is 123 Å². The largest absolute Gasteiger partial charge is 0.477 e. The molecule has 2 aromatic heterocycles. The van der Waals surface area contributed by atoms with Gasteiger partial charge in [-0.3, -0.25) is 9.80 Å². The average molecular weight is 564 g/mol. The van der Waals surface area contributed by atoms with E-state index < -0.39 is 11.9 Å². The summed E-state index contributed by atoms with van der Waals surface area (Å²) in [6.07, 6.45) is 0. The molecule has 0 amide bonds. The van der Waals surface area contributed by atoms with Gasteiger partial charge in [0, 0.05) is 39.3 Å². The highest BCUT2D eigenvalue weighted by Crippen LogP contribution is 2.16. The van der Waals surface area contributed by atoms with Crippen molar-refractivity contribution >= 4 is 35.0 Å². The first kappa shape index (κ1) is 32.0. The van der Waals surface area contributed by atoms with Crippen molar-refractivity contribution in [3.63, 3.8) is 0 Å². The third kappa shape index (κ3) is 12.5. The van der Waals surface area contributed by atoms with E-state index in [1.54, 1.807) is 18.2 Å². The molecular weight excluding hydrogens is 530 g/mol. The Hall–Kier alpha value is -3.20. The SMILES string of the molecule is O=C(O)c1cccc(CN(CCO)CCOCCOCCN(CCO)Cc2cc(N=C=S)cc(C(=O)O)n2)n1. The number of thiocarbonyl (C=S) groups is 1. The standard InChI is InChI=1S/C25H33N5O8S/c31-8-4-29(16-19-2-1-3-22(27-19)24(33)34)6-10-37-12-13-38-11-7-30(5-9-32)17-21-14-20(26-18-39)15-23(28-21)25(35)36/h1-3,14-15,31-32H,4-13,16-17H2,(H,33,34)(H,35,36). The van der Waals surface area contributed by atoms with Gasteiger partial charge in [-0.25, -0.2) is 19.6 Å². The predicted octanol–water partition coefficient (Wildman–Crippen LogP) is 0.929. The van der Waals surface area contributed by atoms with Crippen molar-refractivity contribution in [2.45, 2.75) is 13.1 Å². The number of pyridine rings is 2. The summed E-state index contributed by atoms with van der Waals surface area (Å²) in [5.74, 6) is -2.28. The van der Waals surface area contributed by atoms with E-state index >= 15 is 0 Å². The van der Waals surface area contributed by atoms with E-state index in [2.05, 4.69) is 32.3 Å². The first-order chi connectivity index (χ1) is 18.9. The minimum absolute atomic E-state index is 0.0302. The van der Waals surface area contributed by atoms with Gasteiger partial charge in [-0.15, -0.1) is 0 Å². The van der Waals surface area contributed by atoms with Gasteiger partial charge in [-0.1, -0.05) is 6.07 Å². The van der Waals surface area contributed by atoms with Crippen molar-refractivity contribution in [3.05, 3.63) is 53.1 Å². The van der Waals surface area contributed by atoms with Crippen molar-refractivity contribution < 1.29 is 39.5 Å². The zero-order chi connectivity index (χ0) is 28.5. The summed E-state index contributed by atoms with van der Waals surface area (Å²) in [5.41, 5.74) is 1.21. The van der Waals surface area contributed by atoms with Crippen LogP contribution in [0.15, 0.2) is 35.3 Å². The van der Waals surface area contributed by atoms with Crippen molar-refractivity contribution in [1.82, 2.24) is 19.8 Å². The fraction of sp³-hybridized carbons (Fsp3) is 0.480. The molecule has 39 heavy (non-hydrogen) atoms. The highest BCUT2D eigenvalue weighted by atomic mass is 32.1. The van der Waals surface area contributed by atoms with E-state index in [4.69, 9.17) is 14.6 Å². The summed E-state index contributed by atoms with van der Waals surface area (Å²) in [7, 11) is 0. The van der Waals surface area contributed by atoms with Crippen LogP contribution in [0, 0.1) is 0 Å². The van der Waals surface area contributed by atoms with Gasteiger partial charge in [-0.2, -0.15) is 4.99 Å². The van der Waals surface area contributed by atoms with Crippen LogP contribution in [0.4, 0.5) is 5.69 Å². The minimum Gasteiger partial charge on any atom is -0.477 e. The molecule has 2 rings (SSSR count). The van der Waals surface area contributed by atoms with E-state index in [0.717, 1.165) is 0 Å². The number of isothiocyanates is 1. The Morgan fingerprint density at radius 2 is 1.38 bits per heavy atom. The lowest BCUT2D eigenvalue weighted by Gasteiger charge is -2.21. The molecule has 212 valence electrons. The summed E-state index contributed by atoms with van der Waals surface area (Å²) in [5, 5.41) is 39.3. The summed E-state index contributed by atoms with van der Waals surface area (Å²) in [6.45, 7) is 3.68. The van der Waals surface area contributed by atoms with E-state index in [0.29, 0.717) is 76.2 Å². The van der Waals surface area contributed by atoms with E-state index in [1.165, 1.54) is 12.1 Å². The van der Waals surface area contributed by atoms with Crippen LogP contribution in [0.25, 0.3) is 0 Å². The normalized spacial score (nSPS) is 11.1.